The van der Waals surface area contributed by atoms with Crippen molar-refractivity contribution in [3.05, 3.63) is 17.5 Å². The molecule has 0 aliphatic heterocycles. The molecule has 1 heterocycles. The van der Waals surface area contributed by atoms with Crippen molar-refractivity contribution in [2.24, 2.45) is 5.92 Å². The standard InChI is InChI=1S/C11H21N3/c1-8(2)5-11-10(7-13-14-11)6-9(3)12-4/h7-9,12H,5-6H2,1-4H3,(H,13,14). The Morgan fingerprint density at radius 2 is 2.07 bits per heavy atom. The van der Waals surface area contributed by atoms with Gasteiger partial charge >= 0.3 is 0 Å². The second-order valence-electron chi connectivity index (χ2n) is 4.37. The monoisotopic (exact) mass is 195 g/mol. The average molecular weight is 195 g/mol. The maximum atomic E-state index is 4.11. The Morgan fingerprint density at radius 3 is 2.64 bits per heavy atom. The third-order valence-electron chi connectivity index (χ3n) is 2.44. The number of rotatable bonds is 5. The van der Waals surface area contributed by atoms with Crippen molar-refractivity contribution in [2.75, 3.05) is 7.05 Å². The average Bonchev–Trinajstić information content (AvgIpc) is 2.52. The molecule has 1 atom stereocenters. The summed E-state index contributed by atoms with van der Waals surface area (Å²) in [4.78, 5) is 0. The molecule has 0 spiro atoms. The zero-order valence-electron chi connectivity index (χ0n) is 9.59. The van der Waals surface area contributed by atoms with Gasteiger partial charge in [-0.25, -0.2) is 0 Å². The highest BCUT2D eigenvalue weighted by Crippen LogP contribution is 2.12. The highest BCUT2D eigenvalue weighted by Gasteiger charge is 2.09. The van der Waals surface area contributed by atoms with Gasteiger partial charge in [0.25, 0.3) is 0 Å². The molecule has 0 aliphatic carbocycles. The molecule has 3 nitrogen and oxygen atoms in total. The lowest BCUT2D eigenvalue weighted by Crippen LogP contribution is -2.23. The van der Waals surface area contributed by atoms with Crippen molar-refractivity contribution >= 4 is 0 Å². The lowest BCUT2D eigenvalue weighted by molar-refractivity contribution is 0.592. The second kappa shape index (κ2) is 5.15. The fourth-order valence-electron chi connectivity index (χ4n) is 1.53. The molecule has 2 N–H and O–H groups in total. The van der Waals surface area contributed by atoms with Crippen molar-refractivity contribution in [1.29, 1.82) is 0 Å². The molecule has 0 fully saturated rings. The summed E-state index contributed by atoms with van der Waals surface area (Å²) < 4.78 is 0. The lowest BCUT2D eigenvalue weighted by Gasteiger charge is -2.10. The number of nitrogens with zero attached hydrogens (tertiary/aromatic N) is 1. The summed E-state index contributed by atoms with van der Waals surface area (Å²) in [6.45, 7) is 6.64. The molecule has 0 bridgehead atoms. The van der Waals surface area contributed by atoms with Gasteiger partial charge in [-0.15, -0.1) is 0 Å². The molecule has 0 amide bonds. The molecule has 1 unspecified atom stereocenters. The van der Waals surface area contributed by atoms with E-state index < -0.39 is 0 Å². The Labute approximate surface area is 86.3 Å². The van der Waals surface area contributed by atoms with Gasteiger partial charge in [0.15, 0.2) is 0 Å². The summed E-state index contributed by atoms with van der Waals surface area (Å²) in [7, 11) is 1.99. The van der Waals surface area contributed by atoms with Crippen LogP contribution in [-0.2, 0) is 12.8 Å². The van der Waals surface area contributed by atoms with Gasteiger partial charge in [-0.3, -0.25) is 5.10 Å². The van der Waals surface area contributed by atoms with Crippen LogP contribution in [0.2, 0.25) is 0 Å². The molecule has 0 saturated heterocycles. The minimum atomic E-state index is 0.513. The third-order valence-corrected chi connectivity index (χ3v) is 2.44. The first-order valence-electron chi connectivity index (χ1n) is 5.31. The van der Waals surface area contributed by atoms with Gasteiger partial charge in [0, 0.05) is 11.7 Å². The molecular formula is C11H21N3. The van der Waals surface area contributed by atoms with Crippen LogP contribution in [0.5, 0.6) is 0 Å². The first-order chi connectivity index (χ1) is 6.63. The van der Waals surface area contributed by atoms with Gasteiger partial charge < -0.3 is 5.32 Å². The van der Waals surface area contributed by atoms with Gasteiger partial charge in [-0.05, 0) is 38.3 Å². The summed E-state index contributed by atoms with van der Waals surface area (Å²) in [5.41, 5.74) is 2.64. The van der Waals surface area contributed by atoms with Crippen LogP contribution in [-0.4, -0.2) is 23.3 Å². The molecular weight excluding hydrogens is 174 g/mol. The van der Waals surface area contributed by atoms with E-state index in [0.29, 0.717) is 12.0 Å². The molecule has 0 aliphatic rings. The largest absolute Gasteiger partial charge is 0.317 e. The SMILES string of the molecule is CNC(C)Cc1cn[nH]c1CC(C)C. The number of likely N-dealkylation sites (N-methyl/N-ethyl adjacent to an activating group) is 1. The van der Waals surface area contributed by atoms with Crippen LogP contribution in [0.15, 0.2) is 6.20 Å². The van der Waals surface area contributed by atoms with Crippen molar-refractivity contribution < 1.29 is 0 Å². The normalized spacial score (nSPS) is 13.5. The predicted octanol–water partition coefficient (Wildman–Crippen LogP) is 1.76. The summed E-state index contributed by atoms with van der Waals surface area (Å²) >= 11 is 0. The van der Waals surface area contributed by atoms with E-state index in [0.717, 1.165) is 12.8 Å². The van der Waals surface area contributed by atoms with Crippen LogP contribution >= 0.6 is 0 Å². The Kier molecular flexibility index (Phi) is 4.14. The Hall–Kier alpha value is -0.830. The van der Waals surface area contributed by atoms with Gasteiger partial charge in [-0.2, -0.15) is 5.10 Å². The molecule has 1 rings (SSSR count). The van der Waals surface area contributed by atoms with Gasteiger partial charge in [0.05, 0.1) is 6.20 Å². The minimum absolute atomic E-state index is 0.513. The first-order valence-corrected chi connectivity index (χ1v) is 5.31. The maximum Gasteiger partial charge on any atom is 0.0522 e. The summed E-state index contributed by atoms with van der Waals surface area (Å²) in [6.07, 6.45) is 4.09. The number of aromatic amines is 1. The van der Waals surface area contributed by atoms with Crippen molar-refractivity contribution in [2.45, 2.75) is 39.7 Å². The first kappa shape index (κ1) is 11.2. The van der Waals surface area contributed by atoms with E-state index in [1.807, 2.05) is 13.2 Å². The predicted molar refractivity (Wildman–Crippen MR) is 59.4 cm³/mol. The van der Waals surface area contributed by atoms with Crippen LogP contribution < -0.4 is 5.32 Å². The number of hydrogen-bond donors (Lipinski definition) is 2. The van der Waals surface area contributed by atoms with E-state index in [4.69, 9.17) is 0 Å². The molecule has 0 radical (unpaired) electrons. The number of hydrogen-bond acceptors (Lipinski definition) is 2. The van der Waals surface area contributed by atoms with Crippen molar-refractivity contribution in [1.82, 2.24) is 15.5 Å². The second-order valence-corrected chi connectivity index (χ2v) is 4.37. The zero-order valence-corrected chi connectivity index (χ0v) is 9.59. The Bertz CT molecular complexity index is 265. The van der Waals surface area contributed by atoms with Crippen molar-refractivity contribution in [3.63, 3.8) is 0 Å². The molecule has 0 aromatic carbocycles. The molecule has 1 aromatic heterocycles. The highest BCUT2D eigenvalue weighted by atomic mass is 15.1. The number of nitrogens with one attached hydrogen (secondary N) is 2. The van der Waals surface area contributed by atoms with Crippen LogP contribution in [0.3, 0.4) is 0 Å². The summed E-state index contributed by atoms with van der Waals surface area (Å²) in [6, 6.07) is 0.513. The van der Waals surface area contributed by atoms with Crippen molar-refractivity contribution in [3.8, 4) is 0 Å². The third kappa shape index (κ3) is 3.14. The molecule has 0 saturated carbocycles. The topological polar surface area (TPSA) is 40.7 Å². The smallest absolute Gasteiger partial charge is 0.0522 e. The highest BCUT2D eigenvalue weighted by molar-refractivity contribution is 5.17. The van der Waals surface area contributed by atoms with Gasteiger partial charge in [-0.1, -0.05) is 13.8 Å². The van der Waals surface area contributed by atoms with Gasteiger partial charge in [0.1, 0.15) is 0 Å². The van der Waals surface area contributed by atoms with Crippen LogP contribution in [0.4, 0.5) is 0 Å². The Morgan fingerprint density at radius 1 is 1.36 bits per heavy atom. The van der Waals surface area contributed by atoms with Crippen LogP contribution in [0.25, 0.3) is 0 Å². The lowest BCUT2D eigenvalue weighted by atomic mass is 10.0. The quantitative estimate of drug-likeness (QED) is 0.751. The molecule has 14 heavy (non-hydrogen) atoms. The van der Waals surface area contributed by atoms with E-state index in [2.05, 4.69) is 36.3 Å². The number of aromatic nitrogens is 2. The fourth-order valence-corrected chi connectivity index (χ4v) is 1.53. The van der Waals surface area contributed by atoms with E-state index in [9.17, 15) is 0 Å². The van der Waals surface area contributed by atoms with E-state index in [1.54, 1.807) is 0 Å². The van der Waals surface area contributed by atoms with Crippen LogP contribution in [0.1, 0.15) is 32.0 Å². The molecule has 3 heteroatoms. The summed E-state index contributed by atoms with van der Waals surface area (Å²) in [5.74, 6) is 0.680. The molecule has 1 aromatic rings. The van der Waals surface area contributed by atoms with Gasteiger partial charge in [0.2, 0.25) is 0 Å². The van der Waals surface area contributed by atoms with E-state index in [1.165, 1.54) is 11.3 Å². The fraction of sp³-hybridized carbons (Fsp3) is 0.727. The van der Waals surface area contributed by atoms with Crippen LogP contribution in [0, 0.1) is 5.92 Å². The number of H-pyrrole nitrogens is 1. The molecule has 80 valence electrons. The summed E-state index contributed by atoms with van der Waals surface area (Å²) in [5, 5.41) is 10.4. The minimum Gasteiger partial charge on any atom is -0.317 e. The maximum absolute atomic E-state index is 4.11. The Balaban J connectivity index is 2.62. The van der Waals surface area contributed by atoms with E-state index in [-0.39, 0.29) is 0 Å². The van der Waals surface area contributed by atoms with E-state index >= 15 is 0 Å². The zero-order chi connectivity index (χ0) is 10.6.